The second-order valence-electron chi connectivity index (χ2n) is 4.22. The highest BCUT2D eigenvalue weighted by Gasteiger charge is 2.19. The minimum atomic E-state index is 0.233. The Balaban J connectivity index is 2.51. The smallest absolute Gasteiger partial charge is 0.0704 e. The third-order valence-electron chi connectivity index (χ3n) is 2.91. The highest BCUT2D eigenvalue weighted by Crippen LogP contribution is 2.36. The maximum atomic E-state index is 3.68. The highest BCUT2D eigenvalue weighted by molar-refractivity contribution is 14.1. The molecule has 0 aliphatic rings. The summed E-state index contributed by atoms with van der Waals surface area (Å²) in [6.07, 6.45) is 0. The van der Waals surface area contributed by atoms with E-state index in [0.29, 0.717) is 0 Å². The molecule has 1 heterocycles. The fourth-order valence-electron chi connectivity index (χ4n) is 2.07. The van der Waals surface area contributed by atoms with E-state index in [0.717, 1.165) is 11.0 Å². The van der Waals surface area contributed by atoms with E-state index in [9.17, 15) is 0 Å². The summed E-state index contributed by atoms with van der Waals surface area (Å²) >= 11 is 11.4. The van der Waals surface area contributed by atoms with Crippen LogP contribution in [0.1, 0.15) is 29.0 Å². The molecule has 19 heavy (non-hydrogen) atoms. The van der Waals surface area contributed by atoms with Gasteiger partial charge in [-0.2, -0.15) is 0 Å². The first-order valence-corrected chi connectivity index (χ1v) is 9.45. The van der Waals surface area contributed by atoms with Crippen LogP contribution in [-0.2, 0) is 0 Å². The van der Waals surface area contributed by atoms with E-state index in [1.54, 1.807) is 11.3 Å². The Morgan fingerprint density at radius 1 is 1.26 bits per heavy atom. The molecule has 5 heteroatoms. The van der Waals surface area contributed by atoms with Gasteiger partial charge >= 0.3 is 0 Å². The van der Waals surface area contributed by atoms with Gasteiger partial charge in [0.05, 0.1) is 9.83 Å². The standard InChI is InChI=1S/C14H14Br2INS/c1-3-18-14(10-7-13(16)19-8(10)2)11-6-9(17)4-5-12(11)15/h4-7,14,18H,3H2,1-2H3. The molecule has 0 aliphatic heterocycles. The van der Waals surface area contributed by atoms with E-state index < -0.39 is 0 Å². The Morgan fingerprint density at radius 2 is 2.00 bits per heavy atom. The highest BCUT2D eigenvalue weighted by atomic mass is 127. The molecule has 2 aromatic rings. The van der Waals surface area contributed by atoms with Crippen LogP contribution in [0.25, 0.3) is 0 Å². The lowest BCUT2D eigenvalue weighted by Gasteiger charge is -2.20. The van der Waals surface area contributed by atoms with Crippen molar-refractivity contribution in [1.82, 2.24) is 5.32 Å². The fraction of sp³-hybridized carbons (Fsp3) is 0.286. The SMILES string of the molecule is CCNC(c1cc(I)ccc1Br)c1cc(Br)sc1C. The van der Waals surface area contributed by atoms with E-state index in [-0.39, 0.29) is 6.04 Å². The third-order valence-corrected chi connectivity index (χ3v) is 5.88. The summed E-state index contributed by atoms with van der Waals surface area (Å²) in [6.45, 7) is 5.26. The van der Waals surface area contributed by atoms with Crippen LogP contribution in [0.5, 0.6) is 0 Å². The molecule has 1 aromatic heterocycles. The molecule has 2 rings (SSSR count). The Morgan fingerprint density at radius 3 is 2.58 bits per heavy atom. The zero-order chi connectivity index (χ0) is 14.0. The minimum Gasteiger partial charge on any atom is -0.306 e. The molecule has 0 bridgehead atoms. The van der Waals surface area contributed by atoms with Crippen molar-refractivity contribution < 1.29 is 0 Å². The van der Waals surface area contributed by atoms with Crippen molar-refractivity contribution in [2.75, 3.05) is 6.54 Å². The van der Waals surface area contributed by atoms with Gasteiger partial charge in [-0.15, -0.1) is 11.3 Å². The van der Waals surface area contributed by atoms with E-state index in [2.05, 4.69) is 97.9 Å². The molecule has 0 radical (unpaired) electrons. The molecule has 0 aliphatic carbocycles. The van der Waals surface area contributed by atoms with Gasteiger partial charge in [0.15, 0.2) is 0 Å². The molecule has 1 atom stereocenters. The fourth-order valence-corrected chi connectivity index (χ4v) is 4.81. The molecule has 0 spiro atoms. The number of benzene rings is 1. The summed E-state index contributed by atoms with van der Waals surface area (Å²) < 4.78 is 3.59. The summed E-state index contributed by atoms with van der Waals surface area (Å²) in [4.78, 5) is 1.35. The van der Waals surface area contributed by atoms with Gasteiger partial charge in [0.2, 0.25) is 0 Å². The first-order chi connectivity index (χ1) is 9.02. The lowest BCUT2D eigenvalue weighted by molar-refractivity contribution is 0.627. The zero-order valence-electron chi connectivity index (χ0n) is 10.6. The van der Waals surface area contributed by atoms with Crippen molar-refractivity contribution in [3.8, 4) is 0 Å². The maximum Gasteiger partial charge on any atom is 0.0704 e. The van der Waals surface area contributed by atoms with Gasteiger partial charge in [-0.05, 0) is 87.4 Å². The van der Waals surface area contributed by atoms with Crippen molar-refractivity contribution in [2.45, 2.75) is 19.9 Å². The van der Waals surface area contributed by atoms with Crippen molar-refractivity contribution in [2.24, 2.45) is 0 Å². The van der Waals surface area contributed by atoms with Crippen LogP contribution in [0.2, 0.25) is 0 Å². The van der Waals surface area contributed by atoms with Crippen molar-refractivity contribution >= 4 is 65.8 Å². The molecule has 0 fully saturated rings. The van der Waals surface area contributed by atoms with E-state index in [1.165, 1.54) is 23.4 Å². The third kappa shape index (κ3) is 3.81. The second-order valence-corrected chi connectivity index (χ2v) is 8.95. The predicted molar refractivity (Wildman–Crippen MR) is 99.1 cm³/mol. The van der Waals surface area contributed by atoms with Crippen LogP contribution in [0.15, 0.2) is 32.5 Å². The lowest BCUT2D eigenvalue weighted by atomic mass is 9.99. The quantitative estimate of drug-likeness (QED) is 0.502. The number of halogens is 3. The first kappa shape index (κ1) is 15.9. The number of nitrogens with one attached hydrogen (secondary N) is 1. The van der Waals surface area contributed by atoms with Crippen molar-refractivity contribution in [1.29, 1.82) is 0 Å². The molecule has 1 nitrogen and oxygen atoms in total. The molecular weight excluding hydrogens is 501 g/mol. The Hall–Kier alpha value is 0.570. The van der Waals surface area contributed by atoms with Crippen molar-refractivity contribution in [3.05, 3.63) is 52.1 Å². The number of rotatable bonds is 4. The number of hydrogen-bond acceptors (Lipinski definition) is 2. The first-order valence-electron chi connectivity index (χ1n) is 5.97. The molecule has 0 amide bonds. The molecule has 1 unspecified atom stereocenters. The summed E-state index contributed by atoms with van der Waals surface area (Å²) in [5.74, 6) is 0. The van der Waals surface area contributed by atoms with Gasteiger partial charge in [-0.3, -0.25) is 0 Å². The summed E-state index contributed by atoms with van der Waals surface area (Å²) in [5.41, 5.74) is 2.64. The average Bonchev–Trinajstić information content (AvgIpc) is 2.69. The van der Waals surface area contributed by atoms with Crippen LogP contribution in [0.4, 0.5) is 0 Å². The van der Waals surface area contributed by atoms with Gasteiger partial charge in [-0.25, -0.2) is 0 Å². The van der Waals surface area contributed by atoms with Crippen LogP contribution in [0, 0.1) is 10.5 Å². The molecule has 0 saturated carbocycles. The Labute approximate surface area is 148 Å². The molecule has 0 saturated heterocycles. The average molecular weight is 515 g/mol. The van der Waals surface area contributed by atoms with Crippen LogP contribution in [-0.4, -0.2) is 6.54 Å². The largest absolute Gasteiger partial charge is 0.306 e. The topological polar surface area (TPSA) is 12.0 Å². The normalized spacial score (nSPS) is 12.7. The maximum absolute atomic E-state index is 3.68. The van der Waals surface area contributed by atoms with Gasteiger partial charge in [0.25, 0.3) is 0 Å². The van der Waals surface area contributed by atoms with Crippen LogP contribution in [0.3, 0.4) is 0 Å². The second kappa shape index (κ2) is 7.02. The molecular formula is C14H14Br2INS. The van der Waals surface area contributed by atoms with Gasteiger partial charge in [0, 0.05) is 12.9 Å². The molecule has 1 aromatic carbocycles. The van der Waals surface area contributed by atoms with E-state index >= 15 is 0 Å². The van der Waals surface area contributed by atoms with E-state index in [1.807, 2.05) is 0 Å². The Kier molecular flexibility index (Phi) is 5.90. The van der Waals surface area contributed by atoms with Crippen LogP contribution < -0.4 is 5.32 Å². The molecule has 102 valence electrons. The summed E-state index contributed by atoms with van der Waals surface area (Å²) in [7, 11) is 0. The van der Waals surface area contributed by atoms with Gasteiger partial charge in [0.1, 0.15) is 0 Å². The zero-order valence-corrected chi connectivity index (χ0v) is 16.8. The minimum absolute atomic E-state index is 0.233. The Bertz CT molecular complexity index is 583. The van der Waals surface area contributed by atoms with Crippen molar-refractivity contribution in [3.63, 3.8) is 0 Å². The van der Waals surface area contributed by atoms with Gasteiger partial charge in [-0.1, -0.05) is 22.9 Å². The van der Waals surface area contributed by atoms with Crippen LogP contribution >= 0.6 is 65.8 Å². The number of aryl methyl sites for hydroxylation is 1. The number of thiophene rings is 1. The lowest BCUT2D eigenvalue weighted by Crippen LogP contribution is -2.22. The predicted octanol–water partition coefficient (Wildman–Crippen LogP) is 5.89. The van der Waals surface area contributed by atoms with E-state index in [4.69, 9.17) is 0 Å². The summed E-state index contributed by atoms with van der Waals surface area (Å²) in [6, 6.07) is 8.94. The molecule has 1 N–H and O–H groups in total. The summed E-state index contributed by atoms with van der Waals surface area (Å²) in [5, 5.41) is 3.59. The number of hydrogen-bond donors (Lipinski definition) is 1. The van der Waals surface area contributed by atoms with Gasteiger partial charge < -0.3 is 5.32 Å². The monoisotopic (exact) mass is 513 g/mol.